The lowest BCUT2D eigenvalue weighted by atomic mass is 9.98. The molecule has 0 aliphatic carbocycles. The first kappa shape index (κ1) is 25.5. The molecule has 0 aromatic heterocycles. The Morgan fingerprint density at radius 1 is 1.16 bits per heavy atom. The van der Waals surface area contributed by atoms with Crippen LogP contribution in [0.4, 0.5) is 0 Å². The van der Waals surface area contributed by atoms with E-state index >= 15 is 0 Å². The molecule has 0 spiro atoms. The monoisotopic (exact) mass is 557 g/mol. The average Bonchev–Trinajstić information content (AvgIpc) is 3.27. The molecule has 6 nitrogen and oxygen atoms in total. The van der Waals surface area contributed by atoms with Gasteiger partial charge in [-0.3, -0.25) is 9.20 Å². The van der Waals surface area contributed by atoms with Crippen LogP contribution in [-0.4, -0.2) is 61.7 Å². The molecule has 1 saturated heterocycles. The van der Waals surface area contributed by atoms with E-state index in [9.17, 15) is 4.21 Å². The number of guanidine groups is 1. The summed E-state index contributed by atoms with van der Waals surface area (Å²) in [5.74, 6) is 4.06. The molecule has 0 bridgehead atoms. The lowest BCUT2D eigenvalue weighted by Crippen LogP contribution is -2.41. The molecule has 0 saturated carbocycles. The van der Waals surface area contributed by atoms with Gasteiger partial charge in [-0.1, -0.05) is 30.3 Å². The summed E-state index contributed by atoms with van der Waals surface area (Å²) in [5, 5.41) is 3.38. The van der Waals surface area contributed by atoms with Crippen molar-refractivity contribution < 1.29 is 13.7 Å². The van der Waals surface area contributed by atoms with Gasteiger partial charge in [0.25, 0.3) is 0 Å². The van der Waals surface area contributed by atoms with Crippen LogP contribution in [0.15, 0.2) is 53.5 Å². The van der Waals surface area contributed by atoms with Gasteiger partial charge in [-0.25, -0.2) is 0 Å². The van der Waals surface area contributed by atoms with E-state index in [2.05, 4.69) is 27.3 Å². The van der Waals surface area contributed by atoms with E-state index in [0.717, 1.165) is 42.5 Å². The zero-order valence-corrected chi connectivity index (χ0v) is 21.5. The van der Waals surface area contributed by atoms with E-state index in [-0.39, 0.29) is 24.0 Å². The highest BCUT2D eigenvalue weighted by Gasteiger charge is 2.26. The maximum atomic E-state index is 12.4. The van der Waals surface area contributed by atoms with Crippen LogP contribution in [0.25, 0.3) is 0 Å². The molecule has 2 unspecified atom stereocenters. The van der Waals surface area contributed by atoms with Crippen LogP contribution in [0.2, 0.25) is 0 Å². The predicted molar refractivity (Wildman–Crippen MR) is 138 cm³/mol. The first-order valence-electron chi connectivity index (χ1n) is 10.2. The normalized spacial score (nSPS) is 17.1. The lowest BCUT2D eigenvalue weighted by molar-refractivity contribution is 0.392. The highest BCUT2D eigenvalue weighted by atomic mass is 127. The summed E-state index contributed by atoms with van der Waals surface area (Å²) in [7, 11) is 4.25. The Kier molecular flexibility index (Phi) is 10.6. The Labute approximate surface area is 204 Å². The number of hydrogen-bond donors (Lipinski definition) is 1. The van der Waals surface area contributed by atoms with Crippen LogP contribution < -0.4 is 14.8 Å². The summed E-state index contributed by atoms with van der Waals surface area (Å²) < 4.78 is 23.2. The highest BCUT2D eigenvalue weighted by molar-refractivity contribution is 14.0. The molecule has 8 heteroatoms. The van der Waals surface area contributed by atoms with Gasteiger partial charge >= 0.3 is 0 Å². The van der Waals surface area contributed by atoms with Gasteiger partial charge in [0.15, 0.2) is 5.96 Å². The van der Waals surface area contributed by atoms with Gasteiger partial charge in [0.05, 0.1) is 14.2 Å². The van der Waals surface area contributed by atoms with E-state index in [1.807, 2.05) is 36.4 Å². The molecule has 1 aliphatic heterocycles. The zero-order chi connectivity index (χ0) is 21.3. The number of halogens is 1. The Morgan fingerprint density at radius 3 is 2.45 bits per heavy atom. The maximum Gasteiger partial charge on any atom is 0.193 e. The fraction of sp³-hybridized carbons (Fsp3) is 0.435. The van der Waals surface area contributed by atoms with Crippen molar-refractivity contribution in [3.63, 3.8) is 0 Å². The van der Waals surface area contributed by atoms with Crippen LogP contribution in [0.3, 0.4) is 0 Å². The number of ether oxygens (including phenoxy) is 2. The zero-order valence-electron chi connectivity index (χ0n) is 18.4. The van der Waals surface area contributed by atoms with Crippen LogP contribution in [0.5, 0.6) is 11.5 Å². The average molecular weight is 557 g/mol. The maximum absolute atomic E-state index is 12.4. The van der Waals surface area contributed by atoms with E-state index in [4.69, 9.17) is 9.47 Å². The van der Waals surface area contributed by atoms with Crippen LogP contribution in [-0.2, 0) is 16.6 Å². The number of hydrogen-bond acceptors (Lipinski definition) is 4. The number of likely N-dealkylation sites (tertiary alicyclic amines) is 1. The van der Waals surface area contributed by atoms with Gasteiger partial charge in [0, 0.05) is 61.0 Å². The van der Waals surface area contributed by atoms with Crippen molar-refractivity contribution in [3.8, 4) is 11.5 Å². The van der Waals surface area contributed by atoms with Crippen LogP contribution in [0, 0.1) is 0 Å². The Hall–Kier alpha value is -1.81. The summed E-state index contributed by atoms with van der Waals surface area (Å²) in [6.07, 6.45) is 1.04. The van der Waals surface area contributed by atoms with Gasteiger partial charge in [-0.2, -0.15) is 0 Å². The molecule has 0 amide bonds. The smallest absolute Gasteiger partial charge is 0.193 e. The van der Waals surface area contributed by atoms with Gasteiger partial charge in [0.1, 0.15) is 11.5 Å². The molecular formula is C23H32IN3O3S. The minimum absolute atomic E-state index is 0. The van der Waals surface area contributed by atoms with Gasteiger partial charge in [0.2, 0.25) is 0 Å². The number of benzene rings is 2. The standard InChI is InChI=1S/C23H31N3O3S.HI/c1-24-23(25-10-12-30(27)17-18-7-5-4-6-8-18)26-11-9-19(16-26)20-13-21(28-2)15-22(14-20)29-3;/h4-8,13-15,19H,9-12,16-17H2,1-3H3,(H,24,25);1H. The minimum atomic E-state index is -0.899. The van der Waals surface area contributed by atoms with Crippen molar-refractivity contribution in [2.45, 2.75) is 18.1 Å². The van der Waals surface area contributed by atoms with Crippen molar-refractivity contribution >= 4 is 40.7 Å². The molecule has 170 valence electrons. The fourth-order valence-corrected chi connectivity index (χ4v) is 4.77. The SMILES string of the molecule is CN=C(NCCS(=O)Cc1ccccc1)N1CCC(c2cc(OC)cc(OC)c2)C1.I. The predicted octanol–water partition coefficient (Wildman–Crippen LogP) is 3.64. The molecule has 1 N–H and O–H groups in total. The summed E-state index contributed by atoms with van der Waals surface area (Å²) in [5.41, 5.74) is 2.32. The van der Waals surface area contributed by atoms with Crippen molar-refractivity contribution in [2.75, 3.05) is 46.7 Å². The molecule has 2 aromatic rings. The Bertz CT molecular complexity index is 857. The number of rotatable bonds is 8. The number of nitrogens with one attached hydrogen (secondary N) is 1. The third kappa shape index (κ3) is 7.38. The number of aliphatic imine (C=N–C) groups is 1. The fourth-order valence-electron chi connectivity index (χ4n) is 3.73. The Balaban J connectivity index is 0.00000341. The number of methoxy groups -OCH3 is 2. The number of nitrogens with zero attached hydrogens (tertiary/aromatic N) is 2. The van der Waals surface area contributed by atoms with E-state index in [1.165, 1.54) is 5.56 Å². The van der Waals surface area contributed by atoms with Crippen molar-refractivity contribution in [2.24, 2.45) is 4.99 Å². The highest BCUT2D eigenvalue weighted by Crippen LogP contribution is 2.32. The molecule has 31 heavy (non-hydrogen) atoms. The molecule has 1 fully saturated rings. The molecule has 0 radical (unpaired) electrons. The summed E-state index contributed by atoms with van der Waals surface area (Å²) in [6, 6.07) is 16.0. The van der Waals surface area contributed by atoms with Gasteiger partial charge < -0.3 is 19.7 Å². The van der Waals surface area contributed by atoms with Gasteiger partial charge in [-0.05, 0) is 29.7 Å². The second-order valence-corrected chi connectivity index (χ2v) is 8.90. The molecular weight excluding hydrogens is 525 g/mol. The van der Waals surface area contributed by atoms with Crippen molar-refractivity contribution in [1.82, 2.24) is 10.2 Å². The quantitative estimate of drug-likeness (QED) is 0.305. The van der Waals surface area contributed by atoms with E-state index in [0.29, 0.717) is 24.0 Å². The molecule has 1 aliphatic rings. The first-order chi connectivity index (χ1) is 14.6. The van der Waals surface area contributed by atoms with Crippen molar-refractivity contribution in [3.05, 3.63) is 59.7 Å². The minimum Gasteiger partial charge on any atom is -0.497 e. The molecule has 2 atom stereocenters. The second-order valence-electron chi connectivity index (χ2n) is 7.33. The Morgan fingerprint density at radius 2 is 1.84 bits per heavy atom. The van der Waals surface area contributed by atoms with E-state index < -0.39 is 10.8 Å². The van der Waals surface area contributed by atoms with Crippen molar-refractivity contribution in [1.29, 1.82) is 0 Å². The molecule has 2 aromatic carbocycles. The topological polar surface area (TPSA) is 63.2 Å². The third-order valence-corrected chi connectivity index (χ3v) is 6.64. The van der Waals surface area contributed by atoms with E-state index in [1.54, 1.807) is 21.3 Å². The summed E-state index contributed by atoms with van der Waals surface area (Å²) in [4.78, 5) is 6.69. The second kappa shape index (κ2) is 12.9. The summed E-state index contributed by atoms with van der Waals surface area (Å²) >= 11 is 0. The third-order valence-electron chi connectivity index (χ3n) is 5.33. The van der Waals surface area contributed by atoms with Gasteiger partial charge in [-0.15, -0.1) is 24.0 Å². The largest absolute Gasteiger partial charge is 0.497 e. The lowest BCUT2D eigenvalue weighted by Gasteiger charge is -2.22. The first-order valence-corrected chi connectivity index (χ1v) is 11.7. The summed E-state index contributed by atoms with van der Waals surface area (Å²) in [6.45, 7) is 2.44. The molecule has 3 rings (SSSR count). The van der Waals surface area contributed by atoms with Crippen LogP contribution in [0.1, 0.15) is 23.5 Å². The van der Waals surface area contributed by atoms with Crippen LogP contribution >= 0.6 is 24.0 Å². The molecule has 1 heterocycles.